The van der Waals surface area contributed by atoms with Crippen molar-refractivity contribution in [3.8, 4) is 0 Å². The van der Waals surface area contributed by atoms with Gasteiger partial charge in [0.1, 0.15) is 0 Å². The van der Waals surface area contributed by atoms with Crippen LogP contribution < -0.4 is 0 Å². The highest BCUT2D eigenvalue weighted by molar-refractivity contribution is 5.86. The lowest BCUT2D eigenvalue weighted by atomic mass is 10.1. The molecule has 0 bridgehead atoms. The van der Waals surface area contributed by atoms with Crippen molar-refractivity contribution < 1.29 is 14.7 Å². The second-order valence-corrected chi connectivity index (χ2v) is 3.88. The van der Waals surface area contributed by atoms with E-state index in [1.165, 1.54) is 0 Å². The largest absolute Gasteiger partial charge is 0.481 e. The molecule has 0 spiro atoms. The van der Waals surface area contributed by atoms with Gasteiger partial charge >= 0.3 is 5.97 Å². The maximum atomic E-state index is 11.3. The Hall–Kier alpha value is -1.10. The van der Waals surface area contributed by atoms with Crippen LogP contribution in [-0.2, 0) is 9.59 Å². The maximum Gasteiger partial charge on any atom is 0.308 e. The predicted octanol–water partition coefficient (Wildman–Crippen LogP) is -0.519. The van der Waals surface area contributed by atoms with Crippen molar-refractivity contribution in [3.63, 3.8) is 0 Å². The minimum absolute atomic E-state index is 0.0424. The molecule has 1 saturated heterocycles. The zero-order valence-corrected chi connectivity index (χ0v) is 8.56. The minimum Gasteiger partial charge on any atom is -0.481 e. The third-order valence-electron chi connectivity index (χ3n) is 2.38. The summed E-state index contributed by atoms with van der Waals surface area (Å²) in [7, 11) is 3.85. The number of hydrogen-bond acceptors (Lipinski definition) is 3. The number of hydrogen-bond donors (Lipinski definition) is 1. The Morgan fingerprint density at radius 2 is 2.29 bits per heavy atom. The fraction of sp³-hybridized carbons (Fsp3) is 0.778. The SMILES string of the molecule is CN(C)CCN1C[C@H](C(=O)O)CC1=O. The molecule has 14 heavy (non-hydrogen) atoms. The van der Waals surface area contributed by atoms with Crippen LogP contribution in [0.2, 0.25) is 0 Å². The van der Waals surface area contributed by atoms with Gasteiger partial charge in [-0.05, 0) is 14.1 Å². The number of likely N-dealkylation sites (tertiary alicyclic amines) is 1. The van der Waals surface area contributed by atoms with Crippen molar-refractivity contribution in [2.45, 2.75) is 6.42 Å². The molecule has 5 nitrogen and oxygen atoms in total. The third kappa shape index (κ3) is 2.70. The van der Waals surface area contributed by atoms with Crippen LogP contribution >= 0.6 is 0 Å². The van der Waals surface area contributed by atoms with Crippen molar-refractivity contribution in [1.29, 1.82) is 0 Å². The molecular formula is C9H16N2O3. The molecule has 1 atom stereocenters. The number of nitrogens with zero attached hydrogens (tertiary/aromatic N) is 2. The fourth-order valence-electron chi connectivity index (χ4n) is 1.47. The summed E-state index contributed by atoms with van der Waals surface area (Å²) in [5.74, 6) is -1.42. The van der Waals surface area contributed by atoms with E-state index in [4.69, 9.17) is 5.11 Å². The first-order chi connectivity index (χ1) is 6.50. The Balaban J connectivity index is 2.41. The van der Waals surface area contributed by atoms with Gasteiger partial charge in [-0.25, -0.2) is 0 Å². The summed E-state index contributed by atoms with van der Waals surface area (Å²) in [5.41, 5.74) is 0. The Morgan fingerprint density at radius 3 is 2.71 bits per heavy atom. The average molecular weight is 200 g/mol. The number of amides is 1. The quantitative estimate of drug-likeness (QED) is 0.663. The second kappa shape index (κ2) is 4.41. The van der Waals surface area contributed by atoms with E-state index < -0.39 is 11.9 Å². The van der Waals surface area contributed by atoms with Crippen LogP contribution in [0, 0.1) is 5.92 Å². The third-order valence-corrected chi connectivity index (χ3v) is 2.38. The van der Waals surface area contributed by atoms with Gasteiger partial charge in [0.25, 0.3) is 0 Å². The van der Waals surface area contributed by atoms with Crippen LogP contribution in [0.3, 0.4) is 0 Å². The van der Waals surface area contributed by atoms with E-state index in [1.54, 1.807) is 4.90 Å². The highest BCUT2D eigenvalue weighted by Crippen LogP contribution is 2.17. The van der Waals surface area contributed by atoms with Gasteiger partial charge in [0.2, 0.25) is 5.91 Å². The van der Waals surface area contributed by atoms with Gasteiger partial charge < -0.3 is 14.9 Å². The average Bonchev–Trinajstić information content (AvgIpc) is 2.43. The van der Waals surface area contributed by atoms with E-state index in [9.17, 15) is 9.59 Å². The number of likely N-dealkylation sites (N-methyl/N-ethyl adjacent to an activating group) is 1. The number of carbonyl (C=O) groups excluding carboxylic acids is 1. The van der Waals surface area contributed by atoms with E-state index in [0.717, 1.165) is 6.54 Å². The summed E-state index contributed by atoms with van der Waals surface area (Å²) in [6.07, 6.45) is 0.156. The van der Waals surface area contributed by atoms with Crippen LogP contribution in [-0.4, -0.2) is 60.5 Å². The summed E-state index contributed by atoms with van der Waals surface area (Å²) in [5, 5.41) is 8.74. The van der Waals surface area contributed by atoms with Gasteiger partial charge in [-0.15, -0.1) is 0 Å². The van der Waals surface area contributed by atoms with E-state index in [2.05, 4.69) is 0 Å². The molecule has 1 rings (SSSR count). The molecule has 1 amide bonds. The second-order valence-electron chi connectivity index (χ2n) is 3.88. The van der Waals surface area contributed by atoms with Crippen LogP contribution in [0.1, 0.15) is 6.42 Å². The van der Waals surface area contributed by atoms with Gasteiger partial charge in [0.05, 0.1) is 5.92 Å². The highest BCUT2D eigenvalue weighted by atomic mass is 16.4. The Morgan fingerprint density at radius 1 is 1.64 bits per heavy atom. The number of carbonyl (C=O) groups is 2. The standard InChI is InChI=1S/C9H16N2O3/c1-10(2)3-4-11-6-7(9(13)14)5-8(11)12/h7H,3-6H2,1-2H3,(H,13,14)/t7-/m1/s1. The molecular weight excluding hydrogens is 184 g/mol. The number of carboxylic acids is 1. The number of carboxylic acid groups (broad SMARTS) is 1. The molecule has 0 aromatic heterocycles. The molecule has 1 aliphatic rings. The Bertz CT molecular complexity index is 240. The predicted molar refractivity (Wildman–Crippen MR) is 50.9 cm³/mol. The first-order valence-electron chi connectivity index (χ1n) is 4.66. The molecule has 0 aromatic rings. The van der Waals surface area contributed by atoms with Gasteiger partial charge in [0, 0.05) is 26.1 Å². The first-order valence-corrected chi connectivity index (χ1v) is 4.66. The van der Waals surface area contributed by atoms with Gasteiger partial charge in [0.15, 0.2) is 0 Å². The summed E-state index contributed by atoms with van der Waals surface area (Å²) in [6.45, 7) is 1.76. The molecule has 1 fully saturated rings. The topological polar surface area (TPSA) is 60.9 Å². The molecule has 1 aliphatic heterocycles. The smallest absolute Gasteiger partial charge is 0.308 e. The molecule has 80 valence electrons. The summed E-state index contributed by atoms with van der Waals surface area (Å²) >= 11 is 0. The zero-order chi connectivity index (χ0) is 10.7. The molecule has 0 saturated carbocycles. The van der Waals surface area contributed by atoms with Crippen LogP contribution in [0.25, 0.3) is 0 Å². The lowest BCUT2D eigenvalue weighted by Gasteiger charge is -2.18. The normalized spacial score (nSPS) is 22.1. The van der Waals surface area contributed by atoms with Crippen molar-refractivity contribution >= 4 is 11.9 Å². The monoisotopic (exact) mass is 200 g/mol. The van der Waals surface area contributed by atoms with Crippen molar-refractivity contribution in [2.75, 3.05) is 33.7 Å². The maximum absolute atomic E-state index is 11.3. The Labute approximate surface area is 83.3 Å². The molecule has 1 N–H and O–H groups in total. The lowest BCUT2D eigenvalue weighted by molar-refractivity contribution is -0.141. The molecule has 1 heterocycles. The fourth-order valence-corrected chi connectivity index (χ4v) is 1.47. The zero-order valence-electron chi connectivity index (χ0n) is 8.56. The van der Waals surface area contributed by atoms with Crippen LogP contribution in [0.5, 0.6) is 0 Å². The van der Waals surface area contributed by atoms with Crippen LogP contribution in [0.4, 0.5) is 0 Å². The first kappa shape index (κ1) is 11.0. The van der Waals surface area contributed by atoms with Gasteiger partial charge in [-0.1, -0.05) is 0 Å². The van der Waals surface area contributed by atoms with E-state index in [1.807, 2.05) is 19.0 Å². The van der Waals surface area contributed by atoms with Crippen molar-refractivity contribution in [3.05, 3.63) is 0 Å². The number of rotatable bonds is 4. The molecule has 0 unspecified atom stereocenters. The summed E-state index contributed by atoms with van der Waals surface area (Å²) in [4.78, 5) is 25.6. The highest BCUT2D eigenvalue weighted by Gasteiger charge is 2.33. The van der Waals surface area contributed by atoms with E-state index in [-0.39, 0.29) is 12.3 Å². The van der Waals surface area contributed by atoms with Crippen LogP contribution in [0.15, 0.2) is 0 Å². The minimum atomic E-state index is -0.870. The summed E-state index contributed by atoms with van der Waals surface area (Å²) < 4.78 is 0. The molecule has 0 aromatic carbocycles. The molecule has 5 heteroatoms. The summed E-state index contributed by atoms with van der Waals surface area (Å²) in [6, 6.07) is 0. The molecule has 0 radical (unpaired) electrons. The van der Waals surface area contributed by atoms with Crippen molar-refractivity contribution in [2.24, 2.45) is 5.92 Å². The van der Waals surface area contributed by atoms with E-state index >= 15 is 0 Å². The number of aliphatic carboxylic acids is 1. The van der Waals surface area contributed by atoms with Crippen molar-refractivity contribution in [1.82, 2.24) is 9.80 Å². The lowest BCUT2D eigenvalue weighted by Crippen LogP contribution is -2.33. The van der Waals surface area contributed by atoms with Gasteiger partial charge in [-0.3, -0.25) is 9.59 Å². The van der Waals surface area contributed by atoms with E-state index in [0.29, 0.717) is 13.1 Å². The van der Waals surface area contributed by atoms with Gasteiger partial charge in [-0.2, -0.15) is 0 Å². The Kier molecular flexibility index (Phi) is 3.46. The molecule has 0 aliphatic carbocycles.